The molecule has 0 bridgehead atoms. The third-order valence-corrected chi connectivity index (χ3v) is 3.88. The lowest BCUT2D eigenvalue weighted by Gasteiger charge is -2.07. The van der Waals surface area contributed by atoms with Crippen LogP contribution in [0.3, 0.4) is 0 Å². The lowest BCUT2D eigenvalue weighted by molar-refractivity contribution is 0.603. The van der Waals surface area contributed by atoms with Crippen molar-refractivity contribution >= 4 is 55.6 Å². The van der Waals surface area contributed by atoms with E-state index < -0.39 is 0 Å². The molecule has 0 saturated carbocycles. The Balaban J connectivity index is 1.67. The molecule has 116 valence electrons. The lowest BCUT2D eigenvalue weighted by Crippen LogP contribution is -2.24. The maximum absolute atomic E-state index is 5.76. The van der Waals surface area contributed by atoms with Gasteiger partial charge in [-0.3, -0.25) is 5.43 Å². The Hall–Kier alpha value is -2.18. The van der Waals surface area contributed by atoms with Gasteiger partial charge < -0.3 is 9.73 Å². The van der Waals surface area contributed by atoms with Gasteiger partial charge in [0.25, 0.3) is 0 Å². The molecule has 2 N–H and O–H groups in total. The summed E-state index contributed by atoms with van der Waals surface area (Å²) in [5.74, 6) is 0.712. The van der Waals surface area contributed by atoms with Crippen LogP contribution < -0.4 is 10.7 Å². The first-order chi connectivity index (χ1) is 11.1. The Morgan fingerprint density at radius 2 is 1.96 bits per heavy atom. The number of anilines is 1. The fourth-order valence-electron chi connectivity index (χ4n) is 2.08. The van der Waals surface area contributed by atoms with Gasteiger partial charge in [0.2, 0.25) is 0 Å². The van der Waals surface area contributed by atoms with Gasteiger partial charge in [0.15, 0.2) is 10.9 Å². The van der Waals surface area contributed by atoms with Gasteiger partial charge >= 0.3 is 0 Å². The number of thiocarbonyl (C=S) groups is 1. The minimum Gasteiger partial charge on any atom is -0.455 e. The van der Waals surface area contributed by atoms with Crippen LogP contribution in [0.25, 0.3) is 11.0 Å². The van der Waals surface area contributed by atoms with Gasteiger partial charge in [-0.15, -0.1) is 0 Å². The summed E-state index contributed by atoms with van der Waals surface area (Å²) in [4.78, 5) is 0. The van der Waals surface area contributed by atoms with Crippen LogP contribution in [-0.2, 0) is 0 Å². The quantitative estimate of drug-likeness (QED) is 0.381. The first kappa shape index (κ1) is 15.7. The Kier molecular flexibility index (Phi) is 4.73. The van der Waals surface area contributed by atoms with Crippen LogP contribution in [0.4, 0.5) is 5.69 Å². The molecule has 1 heterocycles. The highest BCUT2D eigenvalue weighted by Gasteiger charge is 2.06. The highest BCUT2D eigenvalue weighted by atomic mass is 79.9. The molecule has 2 aromatic carbocycles. The molecule has 3 rings (SSSR count). The fourth-order valence-corrected chi connectivity index (χ4v) is 2.64. The second kappa shape index (κ2) is 6.93. The van der Waals surface area contributed by atoms with E-state index in [0.29, 0.717) is 10.9 Å². The van der Waals surface area contributed by atoms with Gasteiger partial charge in [-0.2, -0.15) is 5.10 Å². The number of hydrogen-bond acceptors (Lipinski definition) is 3. The topological polar surface area (TPSA) is 49.6 Å². The third kappa shape index (κ3) is 3.97. The number of hydrogen-bond donors (Lipinski definition) is 2. The van der Waals surface area contributed by atoms with E-state index in [4.69, 9.17) is 16.6 Å². The molecule has 0 atom stereocenters. The molecule has 4 nitrogen and oxygen atoms in total. The summed E-state index contributed by atoms with van der Waals surface area (Å²) in [6, 6.07) is 17.5. The molecule has 0 aliphatic rings. The largest absolute Gasteiger partial charge is 0.455 e. The minimum absolute atomic E-state index is 0.415. The summed E-state index contributed by atoms with van der Waals surface area (Å²) >= 11 is 8.65. The van der Waals surface area contributed by atoms with Gasteiger partial charge in [-0.25, -0.2) is 0 Å². The van der Waals surface area contributed by atoms with Crippen molar-refractivity contribution in [1.29, 1.82) is 0 Å². The number of nitrogens with zero attached hydrogens (tertiary/aromatic N) is 1. The van der Waals surface area contributed by atoms with Crippen molar-refractivity contribution in [3.8, 4) is 0 Å². The summed E-state index contributed by atoms with van der Waals surface area (Å²) in [6.07, 6.45) is 0. The SMILES string of the molecule is C/C(=N\NC(=S)Nc1cccc(Br)c1)c1cc2ccccc2o1. The van der Waals surface area contributed by atoms with Crippen molar-refractivity contribution in [3.05, 3.63) is 64.8 Å². The van der Waals surface area contributed by atoms with Crippen LogP contribution in [0.5, 0.6) is 0 Å². The molecule has 23 heavy (non-hydrogen) atoms. The van der Waals surface area contributed by atoms with Gasteiger partial charge in [-0.05, 0) is 49.5 Å². The monoisotopic (exact) mass is 387 g/mol. The van der Waals surface area contributed by atoms with Crippen LogP contribution in [0.15, 0.2) is 68.6 Å². The number of para-hydroxylation sites is 1. The zero-order chi connectivity index (χ0) is 16.2. The molecule has 1 aromatic heterocycles. The fraction of sp³-hybridized carbons (Fsp3) is 0.0588. The molecule has 0 amide bonds. The Bertz CT molecular complexity index is 855. The lowest BCUT2D eigenvalue weighted by atomic mass is 10.2. The van der Waals surface area contributed by atoms with Crippen LogP contribution in [0.1, 0.15) is 12.7 Å². The number of nitrogens with one attached hydrogen (secondary N) is 2. The van der Waals surface area contributed by atoms with Gasteiger partial charge in [0.05, 0.1) is 0 Å². The number of halogens is 1. The van der Waals surface area contributed by atoms with E-state index in [-0.39, 0.29) is 0 Å². The first-order valence-electron chi connectivity index (χ1n) is 6.97. The highest BCUT2D eigenvalue weighted by Crippen LogP contribution is 2.19. The molecule has 0 unspecified atom stereocenters. The van der Waals surface area contributed by atoms with Gasteiger partial charge in [0.1, 0.15) is 11.3 Å². The standard InChI is InChI=1S/C17H14BrN3OS/c1-11(16-9-12-5-2-3-8-15(12)22-16)20-21-17(23)19-14-7-4-6-13(18)10-14/h2-10H,1H3,(H2,19,21,23)/b20-11+. The maximum atomic E-state index is 5.76. The molecule has 0 fully saturated rings. The van der Waals surface area contributed by atoms with Crippen LogP contribution in [0, 0.1) is 0 Å². The Morgan fingerprint density at radius 3 is 2.74 bits per heavy atom. The van der Waals surface area contributed by atoms with Crippen molar-refractivity contribution < 1.29 is 4.42 Å². The average Bonchev–Trinajstić information content (AvgIpc) is 2.97. The smallest absolute Gasteiger partial charge is 0.191 e. The summed E-state index contributed by atoms with van der Waals surface area (Å²) in [5, 5.41) is 8.80. The molecule has 0 aliphatic heterocycles. The molecular weight excluding hydrogens is 374 g/mol. The average molecular weight is 388 g/mol. The molecule has 3 aromatic rings. The molecule has 6 heteroatoms. The van der Waals surface area contributed by atoms with E-state index in [0.717, 1.165) is 26.8 Å². The molecule has 0 saturated heterocycles. The number of benzene rings is 2. The van der Waals surface area contributed by atoms with E-state index in [1.54, 1.807) is 0 Å². The second-order valence-electron chi connectivity index (χ2n) is 4.92. The van der Waals surface area contributed by atoms with Crippen molar-refractivity contribution in [2.24, 2.45) is 5.10 Å². The van der Waals surface area contributed by atoms with Gasteiger partial charge in [-0.1, -0.05) is 40.2 Å². The number of hydrazone groups is 1. The summed E-state index contributed by atoms with van der Waals surface area (Å²) in [5.41, 5.74) is 5.27. The van der Waals surface area contributed by atoms with E-state index in [9.17, 15) is 0 Å². The van der Waals surface area contributed by atoms with Crippen LogP contribution in [0.2, 0.25) is 0 Å². The van der Waals surface area contributed by atoms with Crippen LogP contribution in [-0.4, -0.2) is 10.8 Å². The van der Waals surface area contributed by atoms with Crippen molar-refractivity contribution in [3.63, 3.8) is 0 Å². The van der Waals surface area contributed by atoms with Crippen LogP contribution >= 0.6 is 28.1 Å². The third-order valence-electron chi connectivity index (χ3n) is 3.19. The Morgan fingerprint density at radius 1 is 1.13 bits per heavy atom. The van der Waals surface area contributed by atoms with E-state index >= 15 is 0 Å². The molecule has 0 radical (unpaired) electrons. The number of fused-ring (bicyclic) bond motifs is 1. The predicted octanol–water partition coefficient (Wildman–Crippen LogP) is 4.91. The molecular formula is C17H14BrN3OS. The predicted molar refractivity (Wildman–Crippen MR) is 102 cm³/mol. The van der Waals surface area contributed by atoms with E-state index in [1.165, 1.54) is 0 Å². The first-order valence-corrected chi connectivity index (χ1v) is 8.18. The Labute approximate surface area is 147 Å². The normalized spacial score (nSPS) is 11.5. The van der Waals surface area contributed by atoms with Crippen molar-refractivity contribution in [2.75, 3.05) is 5.32 Å². The molecule has 0 aliphatic carbocycles. The van der Waals surface area contributed by atoms with E-state index in [1.807, 2.05) is 61.5 Å². The number of furan rings is 1. The van der Waals surface area contributed by atoms with Crippen molar-refractivity contribution in [2.45, 2.75) is 6.92 Å². The van der Waals surface area contributed by atoms with Gasteiger partial charge in [0, 0.05) is 15.5 Å². The molecule has 0 spiro atoms. The maximum Gasteiger partial charge on any atom is 0.191 e. The summed E-state index contributed by atoms with van der Waals surface area (Å²) in [6.45, 7) is 1.87. The summed E-state index contributed by atoms with van der Waals surface area (Å²) < 4.78 is 6.73. The van der Waals surface area contributed by atoms with Crippen molar-refractivity contribution in [1.82, 2.24) is 5.43 Å². The summed E-state index contributed by atoms with van der Waals surface area (Å²) in [7, 11) is 0. The zero-order valence-electron chi connectivity index (χ0n) is 12.3. The highest BCUT2D eigenvalue weighted by molar-refractivity contribution is 9.10. The van der Waals surface area contributed by atoms with E-state index in [2.05, 4.69) is 31.8 Å². The zero-order valence-corrected chi connectivity index (χ0v) is 14.7. The minimum atomic E-state index is 0.415. The number of rotatable bonds is 3. The second-order valence-corrected chi connectivity index (χ2v) is 6.25.